The molecule has 108 valence electrons. The zero-order valence-electron chi connectivity index (χ0n) is 12.3. The number of aromatic nitrogens is 1. The molecule has 0 amide bonds. The molecule has 1 aromatic carbocycles. The lowest BCUT2D eigenvalue weighted by atomic mass is 10.1. The van der Waals surface area contributed by atoms with Crippen molar-refractivity contribution in [1.82, 2.24) is 10.3 Å². The van der Waals surface area contributed by atoms with Crippen LogP contribution in [0.2, 0.25) is 0 Å². The molecule has 0 aliphatic rings. The SMILES string of the molecule is CNC(C)CCc1ccc(OCc2nc(C)cs2)cc1. The van der Waals surface area contributed by atoms with E-state index in [1.54, 1.807) is 11.3 Å². The van der Waals surface area contributed by atoms with Crippen LogP contribution in [0.4, 0.5) is 0 Å². The summed E-state index contributed by atoms with van der Waals surface area (Å²) in [6.45, 7) is 4.75. The molecule has 0 spiro atoms. The van der Waals surface area contributed by atoms with Crippen LogP contribution in [-0.4, -0.2) is 18.1 Å². The average molecular weight is 290 g/mol. The van der Waals surface area contributed by atoms with Crippen molar-refractivity contribution in [2.24, 2.45) is 0 Å². The van der Waals surface area contributed by atoms with Gasteiger partial charge in [0, 0.05) is 17.1 Å². The highest BCUT2D eigenvalue weighted by atomic mass is 32.1. The number of nitrogens with one attached hydrogen (secondary N) is 1. The van der Waals surface area contributed by atoms with E-state index in [1.165, 1.54) is 5.56 Å². The van der Waals surface area contributed by atoms with Crippen LogP contribution < -0.4 is 10.1 Å². The van der Waals surface area contributed by atoms with Crippen LogP contribution in [0, 0.1) is 6.92 Å². The molecule has 20 heavy (non-hydrogen) atoms. The first-order valence-electron chi connectivity index (χ1n) is 6.97. The van der Waals surface area contributed by atoms with E-state index in [4.69, 9.17) is 4.74 Å². The predicted molar refractivity (Wildman–Crippen MR) is 84.5 cm³/mol. The van der Waals surface area contributed by atoms with Gasteiger partial charge in [-0.25, -0.2) is 4.98 Å². The first-order chi connectivity index (χ1) is 9.67. The monoisotopic (exact) mass is 290 g/mol. The van der Waals surface area contributed by atoms with Gasteiger partial charge >= 0.3 is 0 Å². The van der Waals surface area contributed by atoms with Crippen molar-refractivity contribution in [3.63, 3.8) is 0 Å². The van der Waals surface area contributed by atoms with Crippen LogP contribution >= 0.6 is 11.3 Å². The van der Waals surface area contributed by atoms with E-state index < -0.39 is 0 Å². The summed E-state index contributed by atoms with van der Waals surface area (Å²) in [5.41, 5.74) is 2.41. The fraction of sp³-hybridized carbons (Fsp3) is 0.438. The molecule has 0 aliphatic carbocycles. The maximum atomic E-state index is 5.74. The summed E-state index contributed by atoms with van der Waals surface area (Å²) in [6, 6.07) is 8.93. The Bertz CT molecular complexity index is 522. The van der Waals surface area contributed by atoms with Gasteiger partial charge in [0.1, 0.15) is 17.4 Å². The van der Waals surface area contributed by atoms with Crippen LogP contribution in [-0.2, 0) is 13.0 Å². The molecule has 0 aliphatic heterocycles. The summed E-state index contributed by atoms with van der Waals surface area (Å²) in [4.78, 5) is 4.39. The highest BCUT2D eigenvalue weighted by Crippen LogP contribution is 2.17. The van der Waals surface area contributed by atoms with Crippen LogP contribution in [0.5, 0.6) is 5.75 Å². The number of aryl methyl sites for hydroxylation is 2. The lowest BCUT2D eigenvalue weighted by molar-refractivity contribution is 0.305. The molecule has 0 saturated carbocycles. The molecular weight excluding hydrogens is 268 g/mol. The minimum absolute atomic E-state index is 0.550. The third kappa shape index (κ3) is 4.62. The van der Waals surface area contributed by atoms with E-state index >= 15 is 0 Å². The van der Waals surface area contributed by atoms with Crippen LogP contribution in [0.1, 0.15) is 29.6 Å². The van der Waals surface area contributed by atoms with Gasteiger partial charge in [-0.1, -0.05) is 12.1 Å². The van der Waals surface area contributed by atoms with Crippen molar-refractivity contribution in [3.8, 4) is 5.75 Å². The Morgan fingerprint density at radius 2 is 2.05 bits per heavy atom. The zero-order valence-corrected chi connectivity index (χ0v) is 13.2. The van der Waals surface area contributed by atoms with Crippen LogP contribution in [0.25, 0.3) is 0 Å². The molecule has 0 bridgehead atoms. The molecule has 2 aromatic rings. The number of ether oxygens (including phenoxy) is 1. The number of rotatable bonds is 7. The summed E-state index contributed by atoms with van der Waals surface area (Å²) in [7, 11) is 2.00. The van der Waals surface area contributed by atoms with Crippen molar-refractivity contribution in [1.29, 1.82) is 0 Å². The van der Waals surface area contributed by atoms with Crippen molar-refractivity contribution in [2.75, 3.05) is 7.05 Å². The van der Waals surface area contributed by atoms with E-state index in [0.29, 0.717) is 12.6 Å². The van der Waals surface area contributed by atoms with Gasteiger partial charge < -0.3 is 10.1 Å². The quantitative estimate of drug-likeness (QED) is 0.846. The van der Waals surface area contributed by atoms with Gasteiger partial charge in [0.25, 0.3) is 0 Å². The van der Waals surface area contributed by atoms with Crippen molar-refractivity contribution >= 4 is 11.3 Å². The summed E-state index contributed by atoms with van der Waals surface area (Å²) in [6.07, 6.45) is 2.24. The first kappa shape index (κ1) is 15.0. The highest BCUT2D eigenvalue weighted by Gasteiger charge is 2.02. The number of thiazole rings is 1. The molecule has 1 unspecified atom stereocenters. The predicted octanol–water partition coefficient (Wildman–Crippen LogP) is 3.57. The van der Waals surface area contributed by atoms with Crippen molar-refractivity contribution in [2.45, 2.75) is 39.3 Å². The molecule has 0 radical (unpaired) electrons. The minimum atomic E-state index is 0.550. The van der Waals surface area contributed by atoms with Crippen LogP contribution in [0.15, 0.2) is 29.6 Å². The smallest absolute Gasteiger partial charge is 0.140 e. The zero-order chi connectivity index (χ0) is 14.4. The largest absolute Gasteiger partial charge is 0.486 e. The van der Waals surface area contributed by atoms with E-state index in [1.807, 2.05) is 31.5 Å². The molecule has 4 heteroatoms. The summed E-state index contributed by atoms with van der Waals surface area (Å²) in [5.74, 6) is 0.906. The van der Waals surface area contributed by atoms with Gasteiger partial charge in [-0.3, -0.25) is 0 Å². The van der Waals surface area contributed by atoms with Gasteiger partial charge in [0.15, 0.2) is 0 Å². The fourth-order valence-corrected chi connectivity index (χ4v) is 2.58. The van der Waals surface area contributed by atoms with Gasteiger partial charge in [0.05, 0.1) is 0 Å². The second-order valence-corrected chi connectivity index (χ2v) is 5.99. The van der Waals surface area contributed by atoms with E-state index in [9.17, 15) is 0 Å². The molecular formula is C16H22N2OS. The van der Waals surface area contributed by atoms with Gasteiger partial charge in [-0.05, 0) is 51.4 Å². The van der Waals surface area contributed by atoms with E-state index in [-0.39, 0.29) is 0 Å². The lowest BCUT2D eigenvalue weighted by Crippen LogP contribution is -2.21. The molecule has 1 N–H and O–H groups in total. The first-order valence-corrected chi connectivity index (χ1v) is 7.85. The Morgan fingerprint density at radius 3 is 2.65 bits per heavy atom. The minimum Gasteiger partial charge on any atom is -0.486 e. The fourth-order valence-electron chi connectivity index (χ4n) is 1.89. The average Bonchev–Trinajstić information content (AvgIpc) is 2.89. The second kappa shape index (κ2) is 7.41. The maximum absolute atomic E-state index is 5.74. The number of hydrogen-bond donors (Lipinski definition) is 1. The molecule has 2 rings (SSSR count). The normalized spacial score (nSPS) is 12.3. The summed E-state index contributed by atoms with van der Waals surface area (Å²) >= 11 is 1.64. The third-order valence-corrected chi connectivity index (χ3v) is 4.25. The lowest BCUT2D eigenvalue weighted by Gasteiger charge is -2.10. The Morgan fingerprint density at radius 1 is 1.30 bits per heavy atom. The highest BCUT2D eigenvalue weighted by molar-refractivity contribution is 7.09. The van der Waals surface area contributed by atoms with Gasteiger partial charge in [0.2, 0.25) is 0 Å². The molecule has 0 fully saturated rings. The molecule has 0 saturated heterocycles. The van der Waals surface area contributed by atoms with E-state index in [0.717, 1.165) is 29.3 Å². The Labute approximate surface area is 125 Å². The van der Waals surface area contributed by atoms with Crippen molar-refractivity contribution in [3.05, 3.63) is 45.9 Å². The van der Waals surface area contributed by atoms with Crippen molar-refractivity contribution < 1.29 is 4.74 Å². The number of hydrogen-bond acceptors (Lipinski definition) is 4. The topological polar surface area (TPSA) is 34.1 Å². The Balaban J connectivity index is 1.82. The second-order valence-electron chi connectivity index (χ2n) is 5.04. The Kier molecular flexibility index (Phi) is 5.56. The van der Waals surface area contributed by atoms with Crippen LogP contribution in [0.3, 0.4) is 0 Å². The molecule has 1 aromatic heterocycles. The Hall–Kier alpha value is -1.39. The van der Waals surface area contributed by atoms with Gasteiger partial charge in [-0.2, -0.15) is 0 Å². The number of nitrogens with zero attached hydrogens (tertiary/aromatic N) is 1. The number of benzene rings is 1. The maximum Gasteiger partial charge on any atom is 0.140 e. The molecule has 1 heterocycles. The molecule has 1 atom stereocenters. The van der Waals surface area contributed by atoms with Gasteiger partial charge in [-0.15, -0.1) is 11.3 Å². The summed E-state index contributed by atoms with van der Waals surface area (Å²) in [5, 5.41) is 6.33. The molecule has 3 nitrogen and oxygen atoms in total. The van der Waals surface area contributed by atoms with E-state index in [2.05, 4.69) is 29.4 Å². The third-order valence-electron chi connectivity index (χ3n) is 3.31. The summed E-state index contributed by atoms with van der Waals surface area (Å²) < 4.78 is 5.74. The standard InChI is InChI=1S/C16H22N2OS/c1-12(17-3)4-5-14-6-8-15(9-7-14)19-10-16-18-13(2)11-20-16/h6-9,11-12,17H,4-5,10H2,1-3H3.